The van der Waals surface area contributed by atoms with Gasteiger partial charge in [-0.05, 0) is 29.8 Å². The maximum atomic E-state index is 11.3. The van der Waals surface area contributed by atoms with Crippen LogP contribution in [0.5, 0.6) is 0 Å². The topological polar surface area (TPSA) is 75.0 Å². The number of carbonyl (C=O) groups is 1. The van der Waals surface area contributed by atoms with Crippen LogP contribution >= 0.6 is 0 Å². The minimum Gasteiger partial charge on any atom is -0.465 e. The summed E-state index contributed by atoms with van der Waals surface area (Å²) >= 11 is 0. The highest BCUT2D eigenvalue weighted by Crippen LogP contribution is 2.11. The first kappa shape index (κ1) is 14.5. The molecule has 1 N–H and O–H groups in total. The molecule has 0 aliphatic carbocycles. The Balaban J connectivity index is 1.93. The summed E-state index contributed by atoms with van der Waals surface area (Å²) in [6, 6.07) is 13.3. The van der Waals surface area contributed by atoms with E-state index >= 15 is 0 Å². The van der Waals surface area contributed by atoms with Gasteiger partial charge in [0.2, 0.25) is 0 Å². The second-order valence-electron chi connectivity index (χ2n) is 4.42. The molecule has 106 valence electrons. The van der Waals surface area contributed by atoms with Crippen molar-refractivity contribution >= 4 is 11.7 Å². The number of rotatable bonds is 5. The molecule has 2 rings (SSSR count). The molecule has 1 aromatic heterocycles. The van der Waals surface area contributed by atoms with Crippen molar-refractivity contribution in [1.82, 2.24) is 4.98 Å². The van der Waals surface area contributed by atoms with E-state index < -0.39 is 5.97 Å². The number of hydrogen-bond acceptors (Lipinski definition) is 5. The molecule has 5 heteroatoms. The molecule has 0 atom stereocenters. The molecular weight excluding hydrogens is 266 g/mol. The third-order valence-corrected chi connectivity index (χ3v) is 2.96. The lowest BCUT2D eigenvalue weighted by Crippen LogP contribution is -2.05. The fraction of sp³-hybridized carbons (Fsp3) is 0.188. The molecule has 21 heavy (non-hydrogen) atoms. The lowest BCUT2D eigenvalue weighted by atomic mass is 10.1. The molecule has 0 bridgehead atoms. The van der Waals surface area contributed by atoms with E-state index in [9.17, 15) is 4.79 Å². The highest BCUT2D eigenvalue weighted by atomic mass is 16.5. The van der Waals surface area contributed by atoms with Crippen molar-refractivity contribution in [3.8, 4) is 6.07 Å². The Morgan fingerprint density at radius 2 is 2.05 bits per heavy atom. The normalized spacial score (nSPS) is 9.71. The average molecular weight is 281 g/mol. The van der Waals surface area contributed by atoms with E-state index in [1.807, 2.05) is 24.3 Å². The SMILES string of the molecule is COC(=O)c1ccc(CNc2ccc(CC#N)cc2)nc1. The van der Waals surface area contributed by atoms with E-state index in [2.05, 4.69) is 21.1 Å². The van der Waals surface area contributed by atoms with Crippen LogP contribution in [0.25, 0.3) is 0 Å². The van der Waals surface area contributed by atoms with E-state index in [1.165, 1.54) is 13.3 Å². The van der Waals surface area contributed by atoms with Crippen molar-refractivity contribution in [2.24, 2.45) is 0 Å². The molecule has 0 fully saturated rings. The summed E-state index contributed by atoms with van der Waals surface area (Å²) in [7, 11) is 1.34. The third-order valence-electron chi connectivity index (χ3n) is 2.96. The summed E-state index contributed by atoms with van der Waals surface area (Å²) in [6.45, 7) is 0.555. The van der Waals surface area contributed by atoms with Crippen LogP contribution in [0.3, 0.4) is 0 Å². The second-order valence-corrected chi connectivity index (χ2v) is 4.42. The monoisotopic (exact) mass is 281 g/mol. The molecule has 0 unspecified atom stereocenters. The first-order chi connectivity index (χ1) is 10.2. The minimum atomic E-state index is -0.393. The maximum absolute atomic E-state index is 11.3. The summed E-state index contributed by atoms with van der Waals surface area (Å²) in [6.07, 6.45) is 1.91. The number of benzene rings is 1. The van der Waals surface area contributed by atoms with Gasteiger partial charge in [0.1, 0.15) is 0 Å². The number of pyridine rings is 1. The molecule has 0 aliphatic rings. The molecule has 2 aromatic rings. The van der Waals surface area contributed by atoms with Crippen LogP contribution in [0.4, 0.5) is 5.69 Å². The summed E-state index contributed by atoms with van der Waals surface area (Å²) in [5.74, 6) is -0.393. The van der Waals surface area contributed by atoms with Crippen LogP contribution in [0.15, 0.2) is 42.6 Å². The number of aromatic nitrogens is 1. The average Bonchev–Trinajstić information content (AvgIpc) is 2.54. The fourth-order valence-corrected chi connectivity index (χ4v) is 1.79. The Labute approximate surface area is 123 Å². The second kappa shape index (κ2) is 7.06. The van der Waals surface area contributed by atoms with Crippen molar-refractivity contribution in [2.75, 3.05) is 12.4 Å². The van der Waals surface area contributed by atoms with E-state index in [0.717, 1.165) is 16.9 Å². The van der Waals surface area contributed by atoms with Gasteiger partial charge in [0.15, 0.2) is 0 Å². The number of carbonyl (C=O) groups excluding carboxylic acids is 1. The molecule has 0 aliphatic heterocycles. The molecule has 5 nitrogen and oxygen atoms in total. The van der Waals surface area contributed by atoms with Gasteiger partial charge in [-0.3, -0.25) is 4.98 Å². The molecule has 0 spiro atoms. The van der Waals surface area contributed by atoms with Gasteiger partial charge in [-0.2, -0.15) is 5.26 Å². The highest BCUT2D eigenvalue weighted by molar-refractivity contribution is 5.88. The summed E-state index contributed by atoms with van der Waals surface area (Å²) in [5.41, 5.74) is 3.20. The van der Waals surface area contributed by atoms with Gasteiger partial charge < -0.3 is 10.1 Å². The van der Waals surface area contributed by atoms with Gasteiger partial charge in [-0.1, -0.05) is 12.1 Å². The summed E-state index contributed by atoms with van der Waals surface area (Å²) < 4.78 is 4.62. The van der Waals surface area contributed by atoms with Gasteiger partial charge in [0, 0.05) is 11.9 Å². The zero-order valence-corrected chi connectivity index (χ0v) is 11.7. The van der Waals surface area contributed by atoms with Crippen molar-refractivity contribution in [3.05, 3.63) is 59.4 Å². The molecule has 0 saturated heterocycles. The van der Waals surface area contributed by atoms with Crippen molar-refractivity contribution < 1.29 is 9.53 Å². The fourth-order valence-electron chi connectivity index (χ4n) is 1.79. The van der Waals surface area contributed by atoms with Gasteiger partial charge >= 0.3 is 5.97 Å². The van der Waals surface area contributed by atoms with E-state index in [1.54, 1.807) is 12.1 Å². The lowest BCUT2D eigenvalue weighted by molar-refractivity contribution is 0.0600. The van der Waals surface area contributed by atoms with Crippen LogP contribution in [-0.4, -0.2) is 18.1 Å². The molecule has 1 aromatic carbocycles. The van der Waals surface area contributed by atoms with Crippen LogP contribution in [0.2, 0.25) is 0 Å². The number of anilines is 1. The van der Waals surface area contributed by atoms with Crippen LogP contribution in [0, 0.1) is 11.3 Å². The quantitative estimate of drug-likeness (QED) is 0.852. The third kappa shape index (κ3) is 4.05. The Morgan fingerprint density at radius 3 is 2.62 bits per heavy atom. The number of methoxy groups -OCH3 is 1. The van der Waals surface area contributed by atoms with E-state index in [0.29, 0.717) is 18.5 Å². The number of hydrogen-bond donors (Lipinski definition) is 1. The Kier molecular flexibility index (Phi) is 4.89. The number of esters is 1. The highest BCUT2D eigenvalue weighted by Gasteiger charge is 2.05. The van der Waals surface area contributed by atoms with E-state index in [-0.39, 0.29) is 0 Å². The number of nitriles is 1. The predicted molar refractivity (Wildman–Crippen MR) is 78.7 cm³/mol. The van der Waals surface area contributed by atoms with Crippen LogP contribution < -0.4 is 5.32 Å². The van der Waals surface area contributed by atoms with Gasteiger partial charge in [0.25, 0.3) is 0 Å². The molecule has 0 radical (unpaired) electrons. The van der Waals surface area contributed by atoms with Gasteiger partial charge in [-0.15, -0.1) is 0 Å². The summed E-state index contributed by atoms with van der Waals surface area (Å²) in [5, 5.41) is 11.8. The van der Waals surface area contributed by atoms with Crippen LogP contribution in [-0.2, 0) is 17.7 Å². The molecule has 0 amide bonds. The van der Waals surface area contributed by atoms with Gasteiger partial charge in [0.05, 0.1) is 37.4 Å². The Hall–Kier alpha value is -2.87. The van der Waals surface area contributed by atoms with Crippen molar-refractivity contribution in [2.45, 2.75) is 13.0 Å². The summed E-state index contributed by atoms with van der Waals surface area (Å²) in [4.78, 5) is 15.5. The molecule has 0 saturated carbocycles. The maximum Gasteiger partial charge on any atom is 0.339 e. The van der Waals surface area contributed by atoms with Crippen molar-refractivity contribution in [1.29, 1.82) is 5.26 Å². The van der Waals surface area contributed by atoms with Crippen molar-refractivity contribution in [3.63, 3.8) is 0 Å². The number of ether oxygens (including phenoxy) is 1. The largest absolute Gasteiger partial charge is 0.465 e. The lowest BCUT2D eigenvalue weighted by Gasteiger charge is -2.07. The zero-order valence-electron chi connectivity index (χ0n) is 11.7. The Morgan fingerprint density at radius 1 is 1.29 bits per heavy atom. The number of nitrogens with zero attached hydrogens (tertiary/aromatic N) is 2. The standard InChI is InChI=1S/C16H15N3O2/c1-21-16(20)13-4-7-15(18-10-13)11-19-14-5-2-12(3-6-14)8-9-17/h2-7,10,19H,8,11H2,1H3. The number of nitrogens with one attached hydrogen (secondary N) is 1. The van der Waals surface area contributed by atoms with E-state index in [4.69, 9.17) is 5.26 Å². The predicted octanol–water partition coefficient (Wildman–Crippen LogP) is 2.55. The smallest absolute Gasteiger partial charge is 0.339 e. The minimum absolute atomic E-state index is 0.393. The zero-order chi connectivity index (χ0) is 15.1. The molecular formula is C16H15N3O2. The Bertz CT molecular complexity index is 643. The first-order valence-electron chi connectivity index (χ1n) is 6.46. The first-order valence-corrected chi connectivity index (χ1v) is 6.46. The van der Waals surface area contributed by atoms with Gasteiger partial charge in [-0.25, -0.2) is 4.79 Å². The molecule has 1 heterocycles. The van der Waals surface area contributed by atoms with Crippen LogP contribution in [0.1, 0.15) is 21.6 Å².